The number of likely N-dealkylation sites (tertiary alicyclic amines) is 1. The van der Waals surface area contributed by atoms with Gasteiger partial charge in [0.15, 0.2) is 5.96 Å². The lowest BCUT2D eigenvalue weighted by Crippen LogP contribution is -2.44. The molecular weight excluding hydrogens is 475 g/mol. The highest BCUT2D eigenvalue weighted by Crippen LogP contribution is 2.24. The lowest BCUT2D eigenvalue weighted by Gasteiger charge is -2.25. The van der Waals surface area contributed by atoms with E-state index in [0.29, 0.717) is 12.1 Å². The summed E-state index contributed by atoms with van der Waals surface area (Å²) in [5, 5.41) is 7.04. The minimum absolute atomic E-state index is 0. The molecule has 0 aliphatic carbocycles. The van der Waals surface area contributed by atoms with Crippen LogP contribution in [-0.2, 0) is 19.5 Å². The quantitative estimate of drug-likeness (QED) is 0.370. The van der Waals surface area contributed by atoms with Crippen molar-refractivity contribution in [2.24, 2.45) is 4.99 Å². The second kappa shape index (κ2) is 10.4. The van der Waals surface area contributed by atoms with Crippen molar-refractivity contribution in [2.45, 2.75) is 57.8 Å². The summed E-state index contributed by atoms with van der Waals surface area (Å²) in [5.74, 6) is 2.09. The number of benzene rings is 1. The Morgan fingerprint density at radius 1 is 1.24 bits per heavy atom. The third-order valence-electron chi connectivity index (χ3n) is 6.01. The fraction of sp³-hybridized carbons (Fsp3) is 0.545. The predicted octanol–water partition coefficient (Wildman–Crippen LogP) is 3.34. The number of aryl methyl sites for hydroxylation is 2. The highest BCUT2D eigenvalue weighted by atomic mass is 127. The molecule has 2 atom stereocenters. The topological polar surface area (TPSA) is 57.5 Å². The number of aromatic nitrogens is 2. The number of halogens is 1. The number of nitrogens with zero attached hydrogens (tertiary/aromatic N) is 4. The largest absolute Gasteiger partial charge is 0.352 e. The number of imidazole rings is 1. The number of aliphatic imine (C=N–C) groups is 1. The normalized spacial score (nSPS) is 20.6. The first kappa shape index (κ1) is 22.1. The first-order valence-corrected chi connectivity index (χ1v) is 10.5. The number of guanidine groups is 1. The molecule has 2 unspecified atom stereocenters. The number of rotatable bonds is 5. The summed E-state index contributed by atoms with van der Waals surface area (Å²) < 4.78 is 2.30. The Morgan fingerprint density at radius 2 is 2.07 bits per heavy atom. The Morgan fingerprint density at radius 3 is 2.83 bits per heavy atom. The van der Waals surface area contributed by atoms with Crippen LogP contribution in [0.2, 0.25) is 0 Å². The van der Waals surface area contributed by atoms with E-state index in [2.05, 4.69) is 68.5 Å². The summed E-state index contributed by atoms with van der Waals surface area (Å²) in [6.07, 6.45) is 6.94. The fourth-order valence-corrected chi connectivity index (χ4v) is 4.32. The van der Waals surface area contributed by atoms with Crippen molar-refractivity contribution in [2.75, 3.05) is 20.1 Å². The highest BCUT2D eigenvalue weighted by Gasteiger charge is 2.27. The SMILES string of the molecule is CN=C(NCc1cn2c(n1)CCCC2)NC1CCN(C(C)c2ccccc2)C1.I. The second-order valence-electron chi connectivity index (χ2n) is 7.94. The van der Waals surface area contributed by atoms with Crippen LogP contribution in [0.1, 0.15) is 49.3 Å². The molecule has 2 aliphatic rings. The van der Waals surface area contributed by atoms with Gasteiger partial charge >= 0.3 is 0 Å². The van der Waals surface area contributed by atoms with Gasteiger partial charge in [-0.2, -0.15) is 0 Å². The van der Waals surface area contributed by atoms with Crippen molar-refractivity contribution in [3.8, 4) is 0 Å². The molecule has 0 radical (unpaired) electrons. The zero-order chi connectivity index (χ0) is 19.3. The molecule has 6 nitrogen and oxygen atoms in total. The molecule has 0 saturated carbocycles. The molecule has 29 heavy (non-hydrogen) atoms. The highest BCUT2D eigenvalue weighted by molar-refractivity contribution is 14.0. The van der Waals surface area contributed by atoms with Crippen molar-refractivity contribution >= 4 is 29.9 Å². The van der Waals surface area contributed by atoms with Gasteiger partial charge in [-0.05, 0) is 31.7 Å². The van der Waals surface area contributed by atoms with Gasteiger partial charge in [0.2, 0.25) is 0 Å². The van der Waals surface area contributed by atoms with Crippen LogP contribution in [0.15, 0.2) is 41.5 Å². The van der Waals surface area contributed by atoms with Crippen LogP contribution in [0, 0.1) is 0 Å². The van der Waals surface area contributed by atoms with Gasteiger partial charge < -0.3 is 15.2 Å². The van der Waals surface area contributed by atoms with Crippen LogP contribution in [0.5, 0.6) is 0 Å². The van der Waals surface area contributed by atoms with Gasteiger partial charge in [-0.1, -0.05) is 30.3 Å². The Labute approximate surface area is 191 Å². The van der Waals surface area contributed by atoms with Gasteiger partial charge in [0.1, 0.15) is 5.82 Å². The van der Waals surface area contributed by atoms with Gasteiger partial charge in [0.05, 0.1) is 12.2 Å². The monoisotopic (exact) mass is 508 g/mol. The molecule has 1 saturated heterocycles. The van der Waals surface area contributed by atoms with E-state index in [1.807, 2.05) is 7.05 Å². The molecule has 3 heterocycles. The molecule has 7 heteroatoms. The van der Waals surface area contributed by atoms with Crippen LogP contribution in [0.25, 0.3) is 0 Å². The van der Waals surface area contributed by atoms with Crippen LogP contribution < -0.4 is 10.6 Å². The van der Waals surface area contributed by atoms with E-state index in [4.69, 9.17) is 4.98 Å². The van der Waals surface area contributed by atoms with Crippen molar-refractivity contribution < 1.29 is 0 Å². The van der Waals surface area contributed by atoms with Crippen molar-refractivity contribution in [3.05, 3.63) is 53.6 Å². The van der Waals surface area contributed by atoms with Gasteiger partial charge in [-0.3, -0.25) is 9.89 Å². The van der Waals surface area contributed by atoms with Crippen molar-refractivity contribution in [3.63, 3.8) is 0 Å². The molecule has 2 N–H and O–H groups in total. The van der Waals surface area contributed by atoms with Gasteiger partial charge in [0, 0.05) is 51.4 Å². The molecule has 2 aliphatic heterocycles. The van der Waals surface area contributed by atoms with E-state index in [1.54, 1.807) is 0 Å². The molecule has 0 bridgehead atoms. The van der Waals surface area contributed by atoms with E-state index in [0.717, 1.165) is 50.7 Å². The lowest BCUT2D eigenvalue weighted by atomic mass is 10.1. The molecular formula is C22H33IN6. The summed E-state index contributed by atoms with van der Waals surface area (Å²) in [6, 6.07) is 11.6. The zero-order valence-corrected chi connectivity index (χ0v) is 19.8. The van der Waals surface area contributed by atoms with Gasteiger partial charge in [-0.25, -0.2) is 4.98 Å². The summed E-state index contributed by atoms with van der Waals surface area (Å²) >= 11 is 0. The zero-order valence-electron chi connectivity index (χ0n) is 17.5. The minimum Gasteiger partial charge on any atom is -0.352 e. The summed E-state index contributed by atoms with van der Waals surface area (Å²) in [5.41, 5.74) is 2.49. The van der Waals surface area contributed by atoms with Crippen LogP contribution in [0.3, 0.4) is 0 Å². The standard InChI is InChI=1S/C22H32N6.HI/c1-17(18-8-4-3-5-9-18)27-13-11-19(15-27)26-22(23-2)24-14-20-16-28-12-7-6-10-21(28)25-20;/h3-5,8-9,16-17,19H,6-7,10-15H2,1-2H3,(H2,23,24,26);1H. The maximum atomic E-state index is 4.77. The van der Waals surface area contributed by atoms with Crippen LogP contribution in [0.4, 0.5) is 0 Å². The molecule has 158 valence electrons. The summed E-state index contributed by atoms with van der Waals surface area (Å²) in [6.45, 7) is 6.27. The number of nitrogens with one attached hydrogen (secondary N) is 2. The average molecular weight is 508 g/mol. The Bertz CT molecular complexity index is 779. The summed E-state index contributed by atoms with van der Waals surface area (Å²) in [7, 11) is 1.84. The molecule has 1 fully saturated rings. The molecule has 4 rings (SSSR count). The molecule has 0 amide bonds. The molecule has 1 aromatic heterocycles. The first-order valence-electron chi connectivity index (χ1n) is 10.5. The lowest BCUT2D eigenvalue weighted by molar-refractivity contribution is 0.258. The Kier molecular flexibility index (Phi) is 7.94. The minimum atomic E-state index is 0. The molecule has 2 aromatic rings. The third kappa shape index (κ3) is 5.51. The van der Waals surface area contributed by atoms with E-state index in [-0.39, 0.29) is 24.0 Å². The van der Waals surface area contributed by atoms with E-state index >= 15 is 0 Å². The predicted molar refractivity (Wildman–Crippen MR) is 129 cm³/mol. The molecule has 1 aromatic carbocycles. The van der Waals surface area contributed by atoms with Crippen LogP contribution in [-0.4, -0.2) is 46.6 Å². The van der Waals surface area contributed by atoms with Gasteiger partial charge in [-0.15, -0.1) is 24.0 Å². The first-order chi connectivity index (χ1) is 13.7. The third-order valence-corrected chi connectivity index (χ3v) is 6.01. The maximum absolute atomic E-state index is 4.77. The van der Waals surface area contributed by atoms with E-state index in [9.17, 15) is 0 Å². The Balaban J connectivity index is 0.00000240. The summed E-state index contributed by atoms with van der Waals surface area (Å²) in [4.78, 5) is 11.7. The number of hydrogen-bond donors (Lipinski definition) is 2. The fourth-order valence-electron chi connectivity index (χ4n) is 4.32. The smallest absolute Gasteiger partial charge is 0.191 e. The maximum Gasteiger partial charge on any atom is 0.191 e. The van der Waals surface area contributed by atoms with Crippen molar-refractivity contribution in [1.82, 2.24) is 25.1 Å². The van der Waals surface area contributed by atoms with Crippen molar-refractivity contribution in [1.29, 1.82) is 0 Å². The van der Waals surface area contributed by atoms with Gasteiger partial charge in [0.25, 0.3) is 0 Å². The number of fused-ring (bicyclic) bond motifs is 1. The molecule has 0 spiro atoms. The second-order valence-corrected chi connectivity index (χ2v) is 7.94. The Hall–Kier alpha value is -1.61. The number of hydrogen-bond acceptors (Lipinski definition) is 3. The van der Waals surface area contributed by atoms with E-state index < -0.39 is 0 Å². The van der Waals surface area contributed by atoms with E-state index in [1.165, 1.54) is 24.2 Å². The van der Waals surface area contributed by atoms with Crippen LogP contribution >= 0.6 is 24.0 Å². The average Bonchev–Trinajstić information content (AvgIpc) is 3.37.